The van der Waals surface area contributed by atoms with Gasteiger partial charge in [0.25, 0.3) is 5.91 Å². The van der Waals surface area contributed by atoms with E-state index in [2.05, 4.69) is 41.6 Å². The normalized spacial score (nSPS) is 19.0. The molecule has 1 fully saturated rings. The van der Waals surface area contributed by atoms with Gasteiger partial charge in [-0.25, -0.2) is 4.68 Å². The molecule has 2 aliphatic rings. The highest BCUT2D eigenvalue weighted by molar-refractivity contribution is 5.98. The highest BCUT2D eigenvalue weighted by Crippen LogP contribution is 2.29. The molecule has 29 heavy (non-hydrogen) atoms. The number of benzene rings is 1. The number of fused-ring (bicyclic) bond motifs is 1. The van der Waals surface area contributed by atoms with E-state index in [-0.39, 0.29) is 17.4 Å². The first-order chi connectivity index (χ1) is 13.8. The van der Waals surface area contributed by atoms with E-state index in [1.165, 1.54) is 5.56 Å². The first-order valence-corrected chi connectivity index (χ1v) is 10.6. The van der Waals surface area contributed by atoms with Crippen molar-refractivity contribution in [1.82, 2.24) is 20.0 Å². The minimum Gasteiger partial charge on any atom is -0.339 e. The van der Waals surface area contributed by atoms with E-state index in [1.807, 2.05) is 30.4 Å². The Bertz CT molecular complexity index is 937. The standard InChI is InChI=1S/C23H30N4O2/c1-5-15-9-11-16(12-10-15)27-19-8-6-7-17(19)20(25-27)21(28)24-18-13-14-26(22(18)29)23(2,3)4/h9-12,18H,5-8,13-14H2,1-4H3,(H,24,28). The van der Waals surface area contributed by atoms with Gasteiger partial charge in [-0.3, -0.25) is 9.59 Å². The van der Waals surface area contributed by atoms with Gasteiger partial charge < -0.3 is 10.2 Å². The smallest absolute Gasteiger partial charge is 0.272 e. The molecule has 2 aromatic rings. The van der Waals surface area contributed by atoms with Crippen molar-refractivity contribution in [3.05, 3.63) is 46.8 Å². The third-order valence-corrected chi connectivity index (χ3v) is 6.06. The zero-order valence-corrected chi connectivity index (χ0v) is 17.8. The zero-order valence-electron chi connectivity index (χ0n) is 17.8. The van der Waals surface area contributed by atoms with Gasteiger partial charge in [-0.05, 0) is 70.6 Å². The topological polar surface area (TPSA) is 67.2 Å². The molecule has 0 spiro atoms. The molecule has 2 heterocycles. The fourth-order valence-corrected chi connectivity index (χ4v) is 4.41. The Kier molecular flexibility index (Phi) is 4.97. The molecular formula is C23H30N4O2. The van der Waals surface area contributed by atoms with Gasteiger partial charge in [0.15, 0.2) is 5.69 Å². The quantitative estimate of drug-likeness (QED) is 0.867. The lowest BCUT2D eigenvalue weighted by Crippen LogP contribution is -2.47. The van der Waals surface area contributed by atoms with E-state index in [1.54, 1.807) is 0 Å². The van der Waals surface area contributed by atoms with Crippen molar-refractivity contribution < 1.29 is 9.59 Å². The molecule has 154 valence electrons. The third-order valence-electron chi connectivity index (χ3n) is 6.06. The molecule has 6 heteroatoms. The number of aryl methyl sites for hydroxylation is 1. The van der Waals surface area contributed by atoms with Crippen LogP contribution in [0.15, 0.2) is 24.3 Å². The van der Waals surface area contributed by atoms with Gasteiger partial charge in [0.1, 0.15) is 6.04 Å². The number of nitrogens with one attached hydrogen (secondary N) is 1. The predicted octanol–water partition coefficient (Wildman–Crippen LogP) is 3.05. The second-order valence-electron chi connectivity index (χ2n) is 9.03. The summed E-state index contributed by atoms with van der Waals surface area (Å²) in [6, 6.07) is 7.88. The molecule has 1 unspecified atom stereocenters. The highest BCUT2D eigenvalue weighted by atomic mass is 16.2. The Balaban J connectivity index is 1.58. The first kappa shape index (κ1) is 19.7. The number of amides is 2. The minimum atomic E-state index is -0.465. The van der Waals surface area contributed by atoms with Gasteiger partial charge in [0.2, 0.25) is 5.91 Å². The zero-order chi connectivity index (χ0) is 20.8. The van der Waals surface area contributed by atoms with Crippen molar-refractivity contribution in [1.29, 1.82) is 0 Å². The summed E-state index contributed by atoms with van der Waals surface area (Å²) in [5.41, 5.74) is 4.64. The lowest BCUT2D eigenvalue weighted by Gasteiger charge is -2.32. The van der Waals surface area contributed by atoms with Crippen molar-refractivity contribution in [2.45, 2.75) is 71.4 Å². The van der Waals surface area contributed by atoms with E-state index in [4.69, 9.17) is 0 Å². The summed E-state index contributed by atoms with van der Waals surface area (Å²) in [4.78, 5) is 27.6. The van der Waals surface area contributed by atoms with Gasteiger partial charge in [0.05, 0.1) is 5.69 Å². The molecule has 1 saturated heterocycles. The van der Waals surface area contributed by atoms with Crippen LogP contribution in [-0.4, -0.2) is 44.6 Å². The van der Waals surface area contributed by atoms with Crippen LogP contribution in [0, 0.1) is 0 Å². The number of hydrogen-bond donors (Lipinski definition) is 1. The molecule has 1 aliphatic carbocycles. The predicted molar refractivity (Wildman–Crippen MR) is 112 cm³/mol. The SMILES string of the molecule is CCc1ccc(-n2nc(C(=O)NC3CCN(C(C)(C)C)C3=O)c3c2CCC3)cc1. The largest absolute Gasteiger partial charge is 0.339 e. The Hall–Kier alpha value is -2.63. The summed E-state index contributed by atoms with van der Waals surface area (Å²) in [7, 11) is 0. The molecule has 1 aromatic carbocycles. The van der Waals surface area contributed by atoms with Crippen LogP contribution in [0.3, 0.4) is 0 Å². The number of aromatic nitrogens is 2. The third kappa shape index (κ3) is 3.56. The van der Waals surface area contributed by atoms with Crippen LogP contribution in [0.2, 0.25) is 0 Å². The summed E-state index contributed by atoms with van der Waals surface area (Å²) in [5.74, 6) is -0.238. The second-order valence-corrected chi connectivity index (χ2v) is 9.03. The monoisotopic (exact) mass is 394 g/mol. The number of carbonyl (C=O) groups is 2. The number of likely N-dealkylation sites (tertiary alicyclic amines) is 1. The summed E-state index contributed by atoms with van der Waals surface area (Å²) in [6.45, 7) is 8.87. The maximum Gasteiger partial charge on any atom is 0.272 e. The van der Waals surface area contributed by atoms with Crippen LogP contribution in [0.1, 0.15) is 67.8 Å². The van der Waals surface area contributed by atoms with E-state index in [0.717, 1.165) is 42.6 Å². The van der Waals surface area contributed by atoms with Crippen LogP contribution >= 0.6 is 0 Å². The highest BCUT2D eigenvalue weighted by Gasteiger charge is 2.39. The lowest BCUT2D eigenvalue weighted by atomic mass is 10.1. The van der Waals surface area contributed by atoms with Gasteiger partial charge in [-0.1, -0.05) is 19.1 Å². The fraction of sp³-hybridized carbons (Fsp3) is 0.522. The molecule has 1 aromatic heterocycles. The Morgan fingerprint density at radius 1 is 1.21 bits per heavy atom. The number of nitrogens with zero attached hydrogens (tertiary/aromatic N) is 3. The van der Waals surface area contributed by atoms with E-state index in [9.17, 15) is 9.59 Å². The summed E-state index contributed by atoms with van der Waals surface area (Å²) in [5, 5.41) is 7.63. The maximum atomic E-state index is 13.0. The van der Waals surface area contributed by atoms with Crippen molar-refractivity contribution in [2.75, 3.05) is 6.54 Å². The molecule has 0 saturated carbocycles. The van der Waals surface area contributed by atoms with E-state index in [0.29, 0.717) is 18.7 Å². The molecule has 0 bridgehead atoms. The molecule has 4 rings (SSSR count). The first-order valence-electron chi connectivity index (χ1n) is 10.6. The van der Waals surface area contributed by atoms with Crippen LogP contribution in [0.4, 0.5) is 0 Å². The number of carbonyl (C=O) groups excluding carboxylic acids is 2. The van der Waals surface area contributed by atoms with Gasteiger partial charge in [-0.15, -0.1) is 0 Å². The van der Waals surface area contributed by atoms with E-state index < -0.39 is 6.04 Å². The van der Waals surface area contributed by atoms with Crippen molar-refractivity contribution >= 4 is 11.8 Å². The van der Waals surface area contributed by atoms with Crippen LogP contribution in [-0.2, 0) is 24.1 Å². The van der Waals surface area contributed by atoms with E-state index >= 15 is 0 Å². The number of hydrogen-bond acceptors (Lipinski definition) is 3. The summed E-state index contributed by atoms with van der Waals surface area (Å²) >= 11 is 0. The summed E-state index contributed by atoms with van der Waals surface area (Å²) < 4.78 is 1.91. The van der Waals surface area contributed by atoms with Crippen molar-refractivity contribution in [3.63, 3.8) is 0 Å². The molecule has 1 N–H and O–H groups in total. The molecule has 2 amide bonds. The van der Waals surface area contributed by atoms with Gasteiger partial charge in [0, 0.05) is 23.3 Å². The lowest BCUT2D eigenvalue weighted by molar-refractivity contribution is -0.133. The molecule has 6 nitrogen and oxygen atoms in total. The molecular weight excluding hydrogens is 364 g/mol. The second kappa shape index (κ2) is 7.32. The molecule has 1 atom stereocenters. The maximum absolute atomic E-state index is 13.0. The van der Waals surface area contributed by atoms with Crippen LogP contribution in [0.25, 0.3) is 5.69 Å². The van der Waals surface area contributed by atoms with Gasteiger partial charge >= 0.3 is 0 Å². The minimum absolute atomic E-state index is 0.00270. The molecule has 0 radical (unpaired) electrons. The number of rotatable bonds is 4. The Morgan fingerprint density at radius 2 is 1.93 bits per heavy atom. The Morgan fingerprint density at radius 3 is 2.55 bits per heavy atom. The van der Waals surface area contributed by atoms with Crippen molar-refractivity contribution in [3.8, 4) is 5.69 Å². The van der Waals surface area contributed by atoms with Crippen LogP contribution < -0.4 is 5.32 Å². The van der Waals surface area contributed by atoms with Gasteiger partial charge in [-0.2, -0.15) is 5.10 Å². The molecule has 1 aliphatic heterocycles. The summed E-state index contributed by atoms with van der Waals surface area (Å²) in [6.07, 6.45) is 4.44. The fourth-order valence-electron chi connectivity index (χ4n) is 4.41. The van der Waals surface area contributed by atoms with Crippen LogP contribution in [0.5, 0.6) is 0 Å². The Labute approximate surface area is 172 Å². The average molecular weight is 395 g/mol. The van der Waals surface area contributed by atoms with Crippen molar-refractivity contribution in [2.24, 2.45) is 0 Å². The average Bonchev–Trinajstić information content (AvgIpc) is 3.37.